The molecule has 94 valence electrons. The molecule has 1 fully saturated rings. The standard InChI is InChI=1S/C11H22N2O3/c1-9(6-11(14)15-3)13(2)8-10-7-12-4-5-16-10/h9-10,12H,4-8H2,1-3H3. The number of nitrogens with one attached hydrogen (secondary N) is 1. The van der Waals surface area contributed by atoms with Crippen LogP contribution in [0, 0.1) is 0 Å². The number of morpholine rings is 1. The van der Waals surface area contributed by atoms with E-state index in [2.05, 4.69) is 15.0 Å². The van der Waals surface area contributed by atoms with E-state index < -0.39 is 0 Å². The molecule has 1 aliphatic rings. The molecule has 0 aromatic heterocycles. The second-order valence-electron chi connectivity index (χ2n) is 4.27. The van der Waals surface area contributed by atoms with Crippen molar-refractivity contribution in [3.8, 4) is 0 Å². The summed E-state index contributed by atoms with van der Waals surface area (Å²) < 4.78 is 10.3. The summed E-state index contributed by atoms with van der Waals surface area (Å²) in [5.41, 5.74) is 0. The molecular weight excluding hydrogens is 208 g/mol. The van der Waals surface area contributed by atoms with E-state index in [1.807, 2.05) is 14.0 Å². The SMILES string of the molecule is COC(=O)CC(C)N(C)CC1CNCCO1. The van der Waals surface area contributed by atoms with E-state index in [0.29, 0.717) is 6.42 Å². The molecule has 0 aliphatic carbocycles. The molecule has 0 bridgehead atoms. The number of carbonyl (C=O) groups is 1. The Labute approximate surface area is 97.1 Å². The zero-order valence-corrected chi connectivity index (χ0v) is 10.4. The normalized spacial score (nSPS) is 23.1. The molecule has 2 unspecified atom stereocenters. The summed E-state index contributed by atoms with van der Waals surface area (Å²) in [4.78, 5) is 13.3. The summed E-state index contributed by atoms with van der Waals surface area (Å²) in [5.74, 6) is -0.165. The van der Waals surface area contributed by atoms with Crippen LogP contribution in [0.1, 0.15) is 13.3 Å². The molecule has 5 nitrogen and oxygen atoms in total. The van der Waals surface area contributed by atoms with Crippen LogP contribution in [-0.2, 0) is 14.3 Å². The molecule has 0 spiro atoms. The average Bonchev–Trinajstić information content (AvgIpc) is 2.30. The fraction of sp³-hybridized carbons (Fsp3) is 0.909. The molecular formula is C11H22N2O3. The second-order valence-corrected chi connectivity index (χ2v) is 4.27. The molecule has 1 rings (SSSR count). The highest BCUT2D eigenvalue weighted by Gasteiger charge is 2.20. The van der Waals surface area contributed by atoms with E-state index in [4.69, 9.17) is 4.74 Å². The van der Waals surface area contributed by atoms with Gasteiger partial charge in [-0.3, -0.25) is 4.79 Å². The number of rotatable bonds is 5. The highest BCUT2D eigenvalue weighted by molar-refractivity contribution is 5.69. The van der Waals surface area contributed by atoms with Crippen LogP contribution < -0.4 is 5.32 Å². The lowest BCUT2D eigenvalue weighted by Crippen LogP contribution is -2.46. The van der Waals surface area contributed by atoms with Crippen molar-refractivity contribution in [1.29, 1.82) is 0 Å². The van der Waals surface area contributed by atoms with E-state index in [-0.39, 0.29) is 18.1 Å². The molecule has 16 heavy (non-hydrogen) atoms. The Hall–Kier alpha value is -0.650. The first kappa shape index (κ1) is 13.4. The first-order chi connectivity index (χ1) is 7.63. The van der Waals surface area contributed by atoms with Crippen molar-refractivity contribution >= 4 is 5.97 Å². The number of esters is 1. The van der Waals surface area contributed by atoms with E-state index in [1.54, 1.807) is 0 Å². The van der Waals surface area contributed by atoms with E-state index >= 15 is 0 Å². The fourth-order valence-electron chi connectivity index (χ4n) is 1.72. The predicted octanol–water partition coefficient (Wildman–Crippen LogP) is -0.142. The summed E-state index contributed by atoms with van der Waals surface area (Å²) in [6, 6.07) is 0.179. The third kappa shape index (κ3) is 4.47. The lowest BCUT2D eigenvalue weighted by Gasteiger charge is -2.31. The number of methoxy groups -OCH3 is 1. The van der Waals surface area contributed by atoms with Gasteiger partial charge < -0.3 is 19.7 Å². The van der Waals surface area contributed by atoms with Gasteiger partial charge in [0.1, 0.15) is 0 Å². The van der Waals surface area contributed by atoms with Gasteiger partial charge in [0.05, 0.1) is 26.2 Å². The Morgan fingerprint density at radius 2 is 2.44 bits per heavy atom. The van der Waals surface area contributed by atoms with Crippen molar-refractivity contribution in [2.24, 2.45) is 0 Å². The maximum absolute atomic E-state index is 11.1. The Morgan fingerprint density at radius 1 is 1.69 bits per heavy atom. The van der Waals surface area contributed by atoms with Crippen LogP contribution in [0.3, 0.4) is 0 Å². The van der Waals surface area contributed by atoms with E-state index in [1.165, 1.54) is 7.11 Å². The van der Waals surface area contributed by atoms with E-state index in [0.717, 1.165) is 26.2 Å². The van der Waals surface area contributed by atoms with Gasteiger partial charge in [-0.25, -0.2) is 0 Å². The third-order valence-corrected chi connectivity index (χ3v) is 2.94. The lowest BCUT2D eigenvalue weighted by atomic mass is 10.2. The van der Waals surface area contributed by atoms with Crippen molar-refractivity contribution in [1.82, 2.24) is 10.2 Å². The predicted molar refractivity (Wildman–Crippen MR) is 61.3 cm³/mol. The molecule has 0 aromatic rings. The molecule has 2 atom stereocenters. The lowest BCUT2D eigenvalue weighted by molar-refractivity contribution is -0.142. The smallest absolute Gasteiger partial charge is 0.307 e. The van der Waals surface area contributed by atoms with Gasteiger partial charge in [-0.15, -0.1) is 0 Å². The topological polar surface area (TPSA) is 50.8 Å². The van der Waals surface area contributed by atoms with Crippen LogP contribution in [0.4, 0.5) is 0 Å². The summed E-state index contributed by atoms with van der Waals surface area (Å²) in [7, 11) is 3.43. The minimum Gasteiger partial charge on any atom is -0.469 e. The van der Waals surface area contributed by atoms with Crippen molar-refractivity contribution in [2.45, 2.75) is 25.5 Å². The Morgan fingerprint density at radius 3 is 3.00 bits per heavy atom. The minimum atomic E-state index is -0.165. The summed E-state index contributed by atoms with van der Waals surface area (Å²) in [6.45, 7) is 5.44. The number of hydrogen-bond acceptors (Lipinski definition) is 5. The van der Waals surface area contributed by atoms with Crippen molar-refractivity contribution < 1.29 is 14.3 Å². The van der Waals surface area contributed by atoms with Crippen molar-refractivity contribution in [3.63, 3.8) is 0 Å². The van der Waals surface area contributed by atoms with Crippen molar-refractivity contribution in [2.75, 3.05) is 40.4 Å². The van der Waals surface area contributed by atoms with Crippen LogP contribution in [0.2, 0.25) is 0 Å². The first-order valence-corrected chi connectivity index (χ1v) is 5.73. The Kier molecular flexibility index (Phi) is 5.73. The summed E-state index contributed by atoms with van der Waals surface area (Å²) in [6.07, 6.45) is 0.645. The van der Waals surface area contributed by atoms with Gasteiger partial charge in [-0.2, -0.15) is 0 Å². The second kappa shape index (κ2) is 6.83. The largest absolute Gasteiger partial charge is 0.469 e. The summed E-state index contributed by atoms with van der Waals surface area (Å²) >= 11 is 0. The molecule has 1 saturated heterocycles. The molecule has 1 aliphatic heterocycles. The van der Waals surface area contributed by atoms with Crippen LogP contribution in [0.15, 0.2) is 0 Å². The highest BCUT2D eigenvalue weighted by atomic mass is 16.5. The number of carbonyl (C=O) groups excluding carboxylic acids is 1. The minimum absolute atomic E-state index is 0.165. The monoisotopic (exact) mass is 230 g/mol. The van der Waals surface area contributed by atoms with Crippen LogP contribution in [-0.4, -0.2) is 63.4 Å². The molecule has 1 heterocycles. The average molecular weight is 230 g/mol. The van der Waals surface area contributed by atoms with Gasteiger partial charge in [0.2, 0.25) is 0 Å². The molecule has 0 amide bonds. The molecule has 0 radical (unpaired) electrons. The van der Waals surface area contributed by atoms with Gasteiger partial charge in [-0.05, 0) is 14.0 Å². The Bertz CT molecular complexity index is 217. The molecule has 5 heteroatoms. The Balaban J connectivity index is 2.26. The highest BCUT2D eigenvalue weighted by Crippen LogP contribution is 2.06. The number of hydrogen-bond donors (Lipinski definition) is 1. The fourth-order valence-corrected chi connectivity index (χ4v) is 1.72. The van der Waals surface area contributed by atoms with Gasteiger partial charge in [0, 0.05) is 25.7 Å². The van der Waals surface area contributed by atoms with Crippen LogP contribution in [0.25, 0.3) is 0 Å². The first-order valence-electron chi connectivity index (χ1n) is 5.73. The summed E-state index contributed by atoms with van der Waals surface area (Å²) in [5, 5.41) is 3.29. The zero-order chi connectivity index (χ0) is 12.0. The maximum Gasteiger partial charge on any atom is 0.307 e. The van der Waals surface area contributed by atoms with E-state index in [9.17, 15) is 4.79 Å². The number of likely N-dealkylation sites (N-methyl/N-ethyl adjacent to an activating group) is 1. The zero-order valence-electron chi connectivity index (χ0n) is 10.4. The van der Waals surface area contributed by atoms with Crippen LogP contribution >= 0.6 is 0 Å². The quantitative estimate of drug-likeness (QED) is 0.666. The van der Waals surface area contributed by atoms with Gasteiger partial charge in [0.25, 0.3) is 0 Å². The molecule has 1 N–H and O–H groups in total. The third-order valence-electron chi connectivity index (χ3n) is 2.94. The molecule has 0 aromatic carbocycles. The number of ether oxygens (including phenoxy) is 2. The van der Waals surface area contributed by atoms with Gasteiger partial charge in [0.15, 0.2) is 0 Å². The van der Waals surface area contributed by atoms with Gasteiger partial charge in [-0.1, -0.05) is 0 Å². The van der Waals surface area contributed by atoms with Crippen molar-refractivity contribution in [3.05, 3.63) is 0 Å². The van der Waals surface area contributed by atoms with Gasteiger partial charge >= 0.3 is 5.97 Å². The number of nitrogens with zero attached hydrogens (tertiary/aromatic N) is 1. The maximum atomic E-state index is 11.1. The van der Waals surface area contributed by atoms with Crippen LogP contribution in [0.5, 0.6) is 0 Å². The molecule has 0 saturated carbocycles.